The molecule has 166 valence electrons. The number of sulfone groups is 1. The number of fused-ring (bicyclic) bond motifs is 1. The fourth-order valence-corrected chi connectivity index (χ4v) is 7.34. The average Bonchev–Trinajstić information content (AvgIpc) is 2.91. The fraction of sp³-hybridized carbons (Fsp3) is 0.632. The smallest absolute Gasteiger partial charge is 0.243 e. The number of piperazine rings is 1. The number of amides is 1. The molecule has 3 aliphatic rings. The number of nitrogens with zero attached hydrogens (tertiary/aromatic N) is 2. The van der Waals surface area contributed by atoms with E-state index in [2.05, 4.69) is 0 Å². The van der Waals surface area contributed by atoms with Crippen LogP contribution in [0.3, 0.4) is 0 Å². The Labute approximate surface area is 176 Å². The molecule has 1 unspecified atom stereocenters. The molecule has 1 atom stereocenters. The van der Waals surface area contributed by atoms with E-state index in [1.54, 1.807) is 11.0 Å². The van der Waals surface area contributed by atoms with Crippen molar-refractivity contribution in [3.8, 4) is 11.5 Å². The van der Waals surface area contributed by atoms with Crippen LogP contribution in [0.2, 0.25) is 0 Å². The molecule has 1 aromatic rings. The van der Waals surface area contributed by atoms with Crippen molar-refractivity contribution in [2.45, 2.75) is 24.2 Å². The Balaban J connectivity index is 1.37. The first kappa shape index (κ1) is 21.4. The highest BCUT2D eigenvalue weighted by Crippen LogP contribution is 2.33. The van der Waals surface area contributed by atoms with E-state index in [9.17, 15) is 21.6 Å². The van der Waals surface area contributed by atoms with Gasteiger partial charge in [-0.3, -0.25) is 4.79 Å². The normalized spacial score (nSPS) is 24.4. The summed E-state index contributed by atoms with van der Waals surface area (Å²) in [5, 5.41) is 0. The average molecular weight is 459 g/mol. The molecule has 30 heavy (non-hydrogen) atoms. The number of carbonyl (C=O) groups excluding carboxylic acids is 1. The minimum Gasteiger partial charge on any atom is -0.490 e. The summed E-state index contributed by atoms with van der Waals surface area (Å²) in [6.07, 6.45) is 1.46. The molecule has 2 fully saturated rings. The molecule has 9 nitrogen and oxygen atoms in total. The molecular formula is C19H26N2O7S2. The zero-order valence-corrected chi connectivity index (χ0v) is 18.3. The maximum atomic E-state index is 13.0. The van der Waals surface area contributed by atoms with Crippen LogP contribution in [0.5, 0.6) is 11.5 Å². The summed E-state index contributed by atoms with van der Waals surface area (Å²) in [6.45, 7) is 1.99. The fourth-order valence-electron chi connectivity index (χ4n) is 4.04. The van der Waals surface area contributed by atoms with Crippen LogP contribution in [0.25, 0.3) is 0 Å². The van der Waals surface area contributed by atoms with Gasteiger partial charge in [-0.15, -0.1) is 0 Å². The van der Waals surface area contributed by atoms with Crippen LogP contribution >= 0.6 is 0 Å². The van der Waals surface area contributed by atoms with Crippen LogP contribution in [-0.2, 0) is 24.7 Å². The van der Waals surface area contributed by atoms with Crippen LogP contribution in [-0.4, -0.2) is 82.8 Å². The number of sulfonamides is 1. The Morgan fingerprint density at radius 1 is 1.07 bits per heavy atom. The van der Waals surface area contributed by atoms with Gasteiger partial charge in [0.1, 0.15) is 0 Å². The SMILES string of the molecule is O=C(CC1CCS(=O)(=O)C1)N1CCN(S(=O)(=O)c2ccc3c(c2)OCCCO3)CC1. The first-order valence-corrected chi connectivity index (χ1v) is 13.4. The van der Waals surface area contributed by atoms with Crippen LogP contribution in [0, 0.1) is 5.92 Å². The van der Waals surface area contributed by atoms with Crippen molar-refractivity contribution >= 4 is 25.8 Å². The lowest BCUT2D eigenvalue weighted by Crippen LogP contribution is -2.50. The second kappa shape index (κ2) is 8.35. The van der Waals surface area contributed by atoms with Gasteiger partial charge in [0, 0.05) is 45.1 Å². The van der Waals surface area contributed by atoms with Crippen LogP contribution < -0.4 is 9.47 Å². The molecule has 0 N–H and O–H groups in total. The maximum Gasteiger partial charge on any atom is 0.243 e. The molecule has 4 rings (SSSR count). The predicted octanol–water partition coefficient (Wildman–Crippen LogP) is 0.506. The topological polar surface area (TPSA) is 110 Å². The van der Waals surface area contributed by atoms with Gasteiger partial charge in [0.05, 0.1) is 29.6 Å². The molecule has 3 heterocycles. The standard InChI is InChI=1S/C19H26N2O7S2/c22-19(12-15-4-11-29(23,24)14-15)20-5-7-21(8-6-20)30(25,26)16-2-3-17-18(13-16)28-10-1-9-27-17/h2-3,13,15H,1,4-12,14H2. The summed E-state index contributed by atoms with van der Waals surface area (Å²) in [7, 11) is -6.73. The predicted molar refractivity (Wildman–Crippen MR) is 109 cm³/mol. The lowest BCUT2D eigenvalue weighted by Gasteiger charge is -2.34. The summed E-state index contributed by atoms with van der Waals surface area (Å²) in [5.74, 6) is 0.935. The van der Waals surface area contributed by atoms with Crippen molar-refractivity contribution in [2.24, 2.45) is 5.92 Å². The second-order valence-corrected chi connectivity index (χ2v) is 12.1. The molecule has 0 saturated carbocycles. The monoisotopic (exact) mass is 458 g/mol. The van der Waals surface area contributed by atoms with Gasteiger partial charge < -0.3 is 14.4 Å². The van der Waals surface area contributed by atoms with Gasteiger partial charge in [-0.1, -0.05) is 0 Å². The number of ether oxygens (including phenoxy) is 2. The molecule has 3 aliphatic heterocycles. The van der Waals surface area contributed by atoms with E-state index in [0.717, 1.165) is 6.42 Å². The van der Waals surface area contributed by atoms with Gasteiger partial charge in [0.15, 0.2) is 21.3 Å². The van der Waals surface area contributed by atoms with Gasteiger partial charge in [-0.2, -0.15) is 4.31 Å². The van der Waals surface area contributed by atoms with E-state index in [1.807, 2.05) is 0 Å². The van der Waals surface area contributed by atoms with E-state index in [4.69, 9.17) is 9.47 Å². The van der Waals surface area contributed by atoms with E-state index in [1.165, 1.54) is 16.4 Å². The highest BCUT2D eigenvalue weighted by molar-refractivity contribution is 7.91. The molecule has 1 amide bonds. The van der Waals surface area contributed by atoms with Crippen molar-refractivity contribution in [3.63, 3.8) is 0 Å². The van der Waals surface area contributed by atoms with E-state index < -0.39 is 19.9 Å². The van der Waals surface area contributed by atoms with Crippen LogP contribution in [0.1, 0.15) is 19.3 Å². The Morgan fingerprint density at radius 3 is 2.43 bits per heavy atom. The van der Waals surface area contributed by atoms with E-state index >= 15 is 0 Å². The molecule has 2 saturated heterocycles. The summed E-state index contributed by atoms with van der Waals surface area (Å²) in [5.41, 5.74) is 0. The van der Waals surface area contributed by atoms with Crippen molar-refractivity contribution < 1.29 is 31.1 Å². The molecule has 11 heteroatoms. The highest BCUT2D eigenvalue weighted by Gasteiger charge is 2.34. The molecule has 0 aromatic heterocycles. The van der Waals surface area contributed by atoms with Crippen molar-refractivity contribution in [2.75, 3.05) is 50.9 Å². The van der Waals surface area contributed by atoms with Crippen molar-refractivity contribution in [1.29, 1.82) is 0 Å². The summed E-state index contributed by atoms with van der Waals surface area (Å²) < 4.78 is 61.8. The second-order valence-electron chi connectivity index (χ2n) is 7.92. The number of rotatable bonds is 4. The van der Waals surface area contributed by atoms with Gasteiger partial charge in [-0.05, 0) is 24.5 Å². The van der Waals surface area contributed by atoms with E-state index in [0.29, 0.717) is 44.2 Å². The van der Waals surface area contributed by atoms with Crippen molar-refractivity contribution in [3.05, 3.63) is 18.2 Å². The molecule has 0 radical (unpaired) electrons. The van der Waals surface area contributed by atoms with Gasteiger partial charge in [0.2, 0.25) is 15.9 Å². The summed E-state index contributed by atoms with van der Waals surface area (Å²) >= 11 is 0. The number of hydrogen-bond acceptors (Lipinski definition) is 7. The molecule has 1 aromatic carbocycles. The van der Waals surface area contributed by atoms with Crippen LogP contribution in [0.15, 0.2) is 23.1 Å². The lowest BCUT2D eigenvalue weighted by molar-refractivity contribution is -0.133. The first-order valence-electron chi connectivity index (χ1n) is 10.1. The maximum absolute atomic E-state index is 13.0. The van der Waals surface area contributed by atoms with Crippen molar-refractivity contribution in [1.82, 2.24) is 9.21 Å². The number of carbonyl (C=O) groups is 1. The minimum atomic E-state index is -3.71. The quantitative estimate of drug-likeness (QED) is 0.646. The van der Waals surface area contributed by atoms with E-state index in [-0.39, 0.29) is 47.7 Å². The lowest BCUT2D eigenvalue weighted by atomic mass is 10.0. The number of hydrogen-bond donors (Lipinski definition) is 0. The Kier molecular flexibility index (Phi) is 5.95. The Morgan fingerprint density at radius 2 is 1.77 bits per heavy atom. The molecule has 0 spiro atoms. The van der Waals surface area contributed by atoms with Crippen LogP contribution in [0.4, 0.5) is 0 Å². The molecular weight excluding hydrogens is 432 g/mol. The first-order chi connectivity index (χ1) is 14.2. The summed E-state index contributed by atoms with van der Waals surface area (Å²) in [4.78, 5) is 14.3. The zero-order valence-electron chi connectivity index (χ0n) is 16.7. The van der Waals surface area contributed by atoms with Gasteiger partial charge in [0.25, 0.3) is 0 Å². The third-order valence-electron chi connectivity index (χ3n) is 5.74. The Bertz CT molecular complexity index is 1020. The zero-order chi connectivity index (χ0) is 21.4. The highest BCUT2D eigenvalue weighted by atomic mass is 32.2. The molecule has 0 bridgehead atoms. The molecule has 0 aliphatic carbocycles. The third kappa shape index (κ3) is 4.57. The number of benzene rings is 1. The summed E-state index contributed by atoms with van der Waals surface area (Å²) in [6, 6.07) is 4.62. The van der Waals surface area contributed by atoms with Gasteiger partial charge in [-0.25, -0.2) is 16.8 Å². The van der Waals surface area contributed by atoms with Gasteiger partial charge >= 0.3 is 0 Å². The minimum absolute atomic E-state index is 0.0667. The Hall–Kier alpha value is -1.85. The largest absolute Gasteiger partial charge is 0.490 e. The third-order valence-corrected chi connectivity index (χ3v) is 9.47.